The van der Waals surface area contributed by atoms with Crippen molar-refractivity contribution in [1.82, 2.24) is 15.4 Å². The van der Waals surface area contributed by atoms with E-state index in [-0.39, 0.29) is 19.0 Å². The maximum absolute atomic E-state index is 11.3. The molecule has 0 spiro atoms. The molecule has 0 unspecified atom stereocenters. The van der Waals surface area contributed by atoms with Crippen LogP contribution in [0, 0.1) is 0 Å². The fraction of sp³-hybridized carbons (Fsp3) is 0.818. The minimum Gasteiger partial charge on any atom is -0.481 e. The van der Waals surface area contributed by atoms with Gasteiger partial charge in [-0.3, -0.25) is 4.79 Å². The first kappa shape index (κ1) is 18.7. The van der Waals surface area contributed by atoms with Crippen molar-refractivity contribution in [2.24, 2.45) is 0 Å². The molecule has 0 aliphatic heterocycles. The number of amides is 2. The third-order valence-corrected chi connectivity index (χ3v) is 3.08. The highest BCUT2D eigenvalue weighted by Crippen LogP contribution is 1.98. The van der Waals surface area contributed by atoms with Crippen molar-refractivity contribution >= 4 is 22.0 Å². The molecule has 0 aromatic heterocycles. The second-order valence-corrected chi connectivity index (χ2v) is 6.24. The number of carboxylic acid groups (broad SMARTS) is 1. The monoisotopic (exact) mass is 309 g/mol. The first-order valence-electron chi connectivity index (χ1n) is 6.49. The van der Waals surface area contributed by atoms with E-state index in [1.54, 1.807) is 0 Å². The molecule has 0 saturated heterocycles. The van der Waals surface area contributed by atoms with Gasteiger partial charge in [0.2, 0.25) is 10.0 Å². The van der Waals surface area contributed by atoms with Crippen LogP contribution in [0.25, 0.3) is 0 Å². The summed E-state index contributed by atoms with van der Waals surface area (Å²) in [7, 11) is -3.17. The Morgan fingerprint density at radius 2 is 1.55 bits per heavy atom. The summed E-state index contributed by atoms with van der Waals surface area (Å²) in [4.78, 5) is 21.5. The van der Waals surface area contributed by atoms with Gasteiger partial charge in [-0.15, -0.1) is 0 Å². The van der Waals surface area contributed by atoms with Crippen LogP contribution in [0.5, 0.6) is 0 Å². The molecule has 0 fully saturated rings. The average molecular weight is 309 g/mol. The molecule has 4 N–H and O–H groups in total. The van der Waals surface area contributed by atoms with Crippen LogP contribution in [0.2, 0.25) is 0 Å². The van der Waals surface area contributed by atoms with Crippen molar-refractivity contribution in [3.63, 3.8) is 0 Å². The number of nitrogens with one attached hydrogen (secondary N) is 3. The fourth-order valence-electron chi connectivity index (χ4n) is 1.39. The van der Waals surface area contributed by atoms with Crippen LogP contribution in [-0.4, -0.2) is 51.4 Å². The van der Waals surface area contributed by atoms with Crippen LogP contribution >= 0.6 is 0 Å². The Kier molecular flexibility index (Phi) is 9.73. The van der Waals surface area contributed by atoms with Gasteiger partial charge in [0.1, 0.15) is 0 Å². The van der Waals surface area contributed by atoms with Gasteiger partial charge in [0.25, 0.3) is 0 Å². The lowest BCUT2D eigenvalue weighted by Gasteiger charge is -2.07. The highest BCUT2D eigenvalue weighted by Gasteiger charge is 2.01. The van der Waals surface area contributed by atoms with Crippen molar-refractivity contribution < 1.29 is 23.1 Å². The van der Waals surface area contributed by atoms with Crippen molar-refractivity contribution in [2.75, 3.05) is 25.9 Å². The lowest BCUT2D eigenvalue weighted by atomic mass is 10.2. The Labute approximate surface area is 119 Å². The van der Waals surface area contributed by atoms with Crippen LogP contribution < -0.4 is 15.4 Å². The molecule has 0 radical (unpaired) electrons. The van der Waals surface area contributed by atoms with Crippen LogP contribution in [0.1, 0.15) is 32.1 Å². The van der Waals surface area contributed by atoms with E-state index in [9.17, 15) is 18.0 Å². The van der Waals surface area contributed by atoms with E-state index in [2.05, 4.69) is 15.4 Å². The lowest BCUT2D eigenvalue weighted by molar-refractivity contribution is -0.137. The Balaban J connectivity index is 3.35. The maximum Gasteiger partial charge on any atom is 0.314 e. The SMILES string of the molecule is CS(=O)(=O)NCCCNC(=O)NCCCCCC(=O)O. The Morgan fingerprint density at radius 1 is 0.950 bits per heavy atom. The predicted molar refractivity (Wildman–Crippen MR) is 75.0 cm³/mol. The molecule has 2 amide bonds. The molecule has 0 bridgehead atoms. The minimum atomic E-state index is -3.17. The molecule has 9 heteroatoms. The summed E-state index contributed by atoms with van der Waals surface area (Å²) in [6, 6.07) is -0.303. The summed E-state index contributed by atoms with van der Waals surface area (Å²) >= 11 is 0. The number of carbonyl (C=O) groups is 2. The first-order valence-corrected chi connectivity index (χ1v) is 8.38. The van der Waals surface area contributed by atoms with Gasteiger partial charge >= 0.3 is 12.0 Å². The van der Waals surface area contributed by atoms with E-state index in [4.69, 9.17) is 5.11 Å². The predicted octanol–water partition coefficient (Wildman–Crippen LogP) is -0.130. The van der Waals surface area contributed by atoms with Gasteiger partial charge in [-0.2, -0.15) is 0 Å². The van der Waals surface area contributed by atoms with Crippen molar-refractivity contribution in [2.45, 2.75) is 32.1 Å². The molecule has 0 aromatic rings. The number of aliphatic carboxylic acids is 1. The number of rotatable bonds is 11. The average Bonchev–Trinajstić information content (AvgIpc) is 2.31. The summed E-state index contributed by atoms with van der Waals surface area (Å²) < 4.78 is 23.8. The van der Waals surface area contributed by atoms with E-state index >= 15 is 0 Å². The number of hydrogen-bond acceptors (Lipinski definition) is 4. The van der Waals surface area contributed by atoms with Gasteiger partial charge < -0.3 is 15.7 Å². The molecule has 118 valence electrons. The molecule has 20 heavy (non-hydrogen) atoms. The van der Waals surface area contributed by atoms with E-state index in [0.29, 0.717) is 25.9 Å². The number of carboxylic acids is 1. The summed E-state index contributed by atoms with van der Waals surface area (Å²) in [5.41, 5.74) is 0. The van der Waals surface area contributed by atoms with E-state index in [0.717, 1.165) is 19.1 Å². The number of unbranched alkanes of at least 4 members (excludes halogenated alkanes) is 2. The molecule has 0 aliphatic carbocycles. The molecular weight excluding hydrogens is 286 g/mol. The van der Waals surface area contributed by atoms with Crippen molar-refractivity contribution in [3.05, 3.63) is 0 Å². The number of carbonyl (C=O) groups excluding carboxylic acids is 1. The summed E-state index contributed by atoms with van der Waals surface area (Å²) in [6.07, 6.45) is 3.84. The van der Waals surface area contributed by atoms with Gasteiger partial charge in [-0.05, 0) is 19.3 Å². The van der Waals surface area contributed by atoms with Crippen molar-refractivity contribution in [1.29, 1.82) is 0 Å². The third kappa shape index (κ3) is 14.7. The summed E-state index contributed by atoms with van der Waals surface area (Å²) in [6.45, 7) is 1.16. The van der Waals surface area contributed by atoms with E-state index < -0.39 is 16.0 Å². The number of hydrogen-bond donors (Lipinski definition) is 4. The van der Waals surface area contributed by atoms with Crippen molar-refractivity contribution in [3.8, 4) is 0 Å². The normalized spacial score (nSPS) is 11.1. The molecule has 0 saturated carbocycles. The Hall–Kier alpha value is -1.35. The maximum atomic E-state index is 11.3. The third-order valence-electron chi connectivity index (χ3n) is 2.36. The number of sulfonamides is 1. The van der Waals surface area contributed by atoms with Gasteiger partial charge in [-0.1, -0.05) is 6.42 Å². The van der Waals surface area contributed by atoms with Crippen LogP contribution in [0.4, 0.5) is 4.79 Å². The molecule has 0 rings (SSSR count). The molecular formula is C11H23N3O5S. The zero-order chi connectivity index (χ0) is 15.4. The first-order chi connectivity index (χ1) is 9.31. The summed E-state index contributed by atoms with van der Waals surface area (Å²) in [5, 5.41) is 13.7. The molecule has 0 heterocycles. The fourth-order valence-corrected chi connectivity index (χ4v) is 1.91. The largest absolute Gasteiger partial charge is 0.481 e. The van der Waals surface area contributed by atoms with Gasteiger partial charge in [0, 0.05) is 26.1 Å². The zero-order valence-electron chi connectivity index (χ0n) is 11.6. The smallest absolute Gasteiger partial charge is 0.314 e. The second-order valence-electron chi connectivity index (χ2n) is 4.41. The molecule has 0 aliphatic rings. The quantitative estimate of drug-likeness (QED) is 0.396. The van der Waals surface area contributed by atoms with Crippen LogP contribution in [0.3, 0.4) is 0 Å². The van der Waals surface area contributed by atoms with Gasteiger partial charge in [-0.25, -0.2) is 17.9 Å². The Bertz CT molecular complexity index is 397. The molecule has 8 nitrogen and oxygen atoms in total. The topological polar surface area (TPSA) is 125 Å². The van der Waals surface area contributed by atoms with Crippen LogP contribution in [-0.2, 0) is 14.8 Å². The number of urea groups is 1. The zero-order valence-corrected chi connectivity index (χ0v) is 12.5. The summed E-state index contributed by atoms with van der Waals surface area (Å²) in [5.74, 6) is -0.807. The molecule has 0 aromatic carbocycles. The highest BCUT2D eigenvalue weighted by atomic mass is 32.2. The Morgan fingerprint density at radius 3 is 2.10 bits per heavy atom. The van der Waals surface area contributed by atoms with Gasteiger partial charge in [0.15, 0.2) is 0 Å². The standard InChI is InChI=1S/C11H23N3O5S/c1-20(18,19)14-9-5-8-13-11(17)12-7-4-2-3-6-10(15)16/h14H,2-9H2,1H3,(H,15,16)(H2,12,13,17). The second kappa shape index (κ2) is 10.4. The minimum absolute atomic E-state index is 0.152. The van der Waals surface area contributed by atoms with Crippen LogP contribution in [0.15, 0.2) is 0 Å². The van der Waals surface area contributed by atoms with E-state index in [1.807, 2.05) is 0 Å². The highest BCUT2D eigenvalue weighted by molar-refractivity contribution is 7.88. The molecule has 0 atom stereocenters. The van der Waals surface area contributed by atoms with E-state index in [1.165, 1.54) is 0 Å². The van der Waals surface area contributed by atoms with Gasteiger partial charge in [0.05, 0.1) is 6.26 Å². The lowest BCUT2D eigenvalue weighted by Crippen LogP contribution is -2.37.